The maximum Gasteiger partial charge on any atom is 0.319 e. The standard InChI is InChI=1S/C20H25N3O2.ClH/c1-25-19-10-3-2-9-18(19)15-6-4-7-17(14-15)23-20(24)22-13-11-16-8-5-12-21-16;/h2-4,6-7,9-10,14,16,21H,5,8,11-13H2,1H3,(H2,22,23,24);1H/t16-;/m1./s1. The van der Waals surface area contributed by atoms with Crippen LogP contribution in [0.5, 0.6) is 5.75 Å². The van der Waals surface area contributed by atoms with E-state index < -0.39 is 0 Å². The van der Waals surface area contributed by atoms with Gasteiger partial charge in [-0.25, -0.2) is 4.79 Å². The first-order valence-corrected chi connectivity index (χ1v) is 8.78. The van der Waals surface area contributed by atoms with Gasteiger partial charge in [-0.15, -0.1) is 12.4 Å². The third kappa shape index (κ3) is 5.38. The molecule has 1 aliphatic heterocycles. The summed E-state index contributed by atoms with van der Waals surface area (Å²) in [5.74, 6) is 0.813. The average molecular weight is 376 g/mol. The normalized spacial score (nSPS) is 15.8. The Hall–Kier alpha value is -2.24. The summed E-state index contributed by atoms with van der Waals surface area (Å²) in [4.78, 5) is 12.1. The van der Waals surface area contributed by atoms with Gasteiger partial charge in [-0.05, 0) is 49.6 Å². The lowest BCUT2D eigenvalue weighted by Crippen LogP contribution is -2.33. The van der Waals surface area contributed by atoms with E-state index in [-0.39, 0.29) is 18.4 Å². The predicted octanol–water partition coefficient (Wildman–Crippen LogP) is 4.05. The predicted molar refractivity (Wildman–Crippen MR) is 108 cm³/mol. The molecule has 1 saturated heterocycles. The molecule has 140 valence electrons. The number of halogens is 1. The molecular formula is C20H26ClN3O2. The molecule has 3 rings (SSSR count). The van der Waals surface area contributed by atoms with Gasteiger partial charge in [0.2, 0.25) is 0 Å². The number of hydrogen-bond acceptors (Lipinski definition) is 3. The van der Waals surface area contributed by atoms with Crippen molar-refractivity contribution < 1.29 is 9.53 Å². The molecule has 3 N–H and O–H groups in total. The number of anilines is 1. The molecule has 0 aliphatic carbocycles. The Morgan fingerprint density at radius 3 is 2.85 bits per heavy atom. The molecule has 0 aromatic heterocycles. The van der Waals surface area contributed by atoms with Crippen LogP contribution in [0.25, 0.3) is 11.1 Å². The van der Waals surface area contributed by atoms with E-state index in [9.17, 15) is 4.79 Å². The smallest absolute Gasteiger partial charge is 0.319 e. The van der Waals surface area contributed by atoms with Crippen molar-refractivity contribution in [2.75, 3.05) is 25.5 Å². The van der Waals surface area contributed by atoms with Gasteiger partial charge in [0.25, 0.3) is 0 Å². The Morgan fingerprint density at radius 2 is 2.08 bits per heavy atom. The number of ether oxygens (including phenoxy) is 1. The Bertz CT molecular complexity index is 718. The topological polar surface area (TPSA) is 62.4 Å². The molecule has 1 atom stereocenters. The van der Waals surface area contributed by atoms with Crippen LogP contribution in [0.2, 0.25) is 0 Å². The SMILES string of the molecule is COc1ccccc1-c1cccc(NC(=O)NCC[C@H]2CCCN2)c1.Cl. The monoisotopic (exact) mass is 375 g/mol. The fourth-order valence-electron chi connectivity index (χ4n) is 3.19. The maximum absolute atomic E-state index is 12.1. The number of carbonyl (C=O) groups excluding carboxylic acids is 1. The van der Waals surface area contributed by atoms with Crippen LogP contribution in [0.15, 0.2) is 48.5 Å². The lowest BCUT2D eigenvalue weighted by Gasteiger charge is -2.13. The molecule has 26 heavy (non-hydrogen) atoms. The van der Waals surface area contributed by atoms with Crippen LogP contribution in [-0.2, 0) is 0 Å². The molecule has 6 heteroatoms. The minimum Gasteiger partial charge on any atom is -0.496 e. The van der Waals surface area contributed by atoms with Crippen molar-refractivity contribution in [3.05, 3.63) is 48.5 Å². The van der Waals surface area contributed by atoms with E-state index in [1.165, 1.54) is 12.8 Å². The minimum atomic E-state index is -0.171. The van der Waals surface area contributed by atoms with Gasteiger partial charge in [-0.2, -0.15) is 0 Å². The third-order valence-electron chi connectivity index (χ3n) is 4.48. The van der Waals surface area contributed by atoms with Crippen molar-refractivity contribution in [3.8, 4) is 16.9 Å². The first-order chi connectivity index (χ1) is 12.3. The van der Waals surface area contributed by atoms with E-state index in [0.29, 0.717) is 12.6 Å². The Morgan fingerprint density at radius 1 is 1.23 bits per heavy atom. The summed E-state index contributed by atoms with van der Waals surface area (Å²) >= 11 is 0. The van der Waals surface area contributed by atoms with Crippen molar-refractivity contribution in [2.45, 2.75) is 25.3 Å². The second-order valence-corrected chi connectivity index (χ2v) is 6.24. The summed E-state index contributed by atoms with van der Waals surface area (Å²) in [5.41, 5.74) is 2.77. The number of amides is 2. The number of para-hydroxylation sites is 1. The molecule has 0 spiro atoms. The van der Waals surface area contributed by atoms with Gasteiger partial charge >= 0.3 is 6.03 Å². The van der Waals surface area contributed by atoms with Crippen LogP contribution in [0.4, 0.5) is 10.5 Å². The summed E-state index contributed by atoms with van der Waals surface area (Å²) < 4.78 is 5.42. The van der Waals surface area contributed by atoms with Gasteiger partial charge in [0, 0.05) is 23.8 Å². The molecule has 1 heterocycles. The molecule has 1 aliphatic rings. The number of nitrogens with one attached hydrogen (secondary N) is 3. The third-order valence-corrected chi connectivity index (χ3v) is 4.48. The fraction of sp³-hybridized carbons (Fsp3) is 0.350. The fourth-order valence-corrected chi connectivity index (χ4v) is 3.19. The van der Waals surface area contributed by atoms with Crippen LogP contribution in [0.3, 0.4) is 0 Å². The van der Waals surface area contributed by atoms with E-state index in [2.05, 4.69) is 16.0 Å². The van der Waals surface area contributed by atoms with E-state index in [4.69, 9.17) is 4.74 Å². The molecule has 2 aromatic carbocycles. The highest BCUT2D eigenvalue weighted by Gasteiger charge is 2.13. The van der Waals surface area contributed by atoms with E-state index in [1.54, 1.807) is 7.11 Å². The molecule has 2 amide bonds. The zero-order chi connectivity index (χ0) is 17.5. The van der Waals surface area contributed by atoms with Crippen LogP contribution < -0.4 is 20.7 Å². The largest absolute Gasteiger partial charge is 0.496 e. The van der Waals surface area contributed by atoms with Crippen molar-refractivity contribution in [2.24, 2.45) is 0 Å². The van der Waals surface area contributed by atoms with E-state index in [0.717, 1.165) is 35.5 Å². The van der Waals surface area contributed by atoms with Gasteiger partial charge in [0.05, 0.1) is 7.11 Å². The number of benzene rings is 2. The van der Waals surface area contributed by atoms with Gasteiger partial charge < -0.3 is 20.7 Å². The van der Waals surface area contributed by atoms with Gasteiger partial charge in [0.15, 0.2) is 0 Å². The molecule has 0 unspecified atom stereocenters. The van der Waals surface area contributed by atoms with Gasteiger partial charge in [-0.3, -0.25) is 0 Å². The van der Waals surface area contributed by atoms with Gasteiger partial charge in [-0.1, -0.05) is 30.3 Å². The first-order valence-electron chi connectivity index (χ1n) is 8.78. The number of carbonyl (C=O) groups is 1. The quantitative estimate of drug-likeness (QED) is 0.713. The molecule has 0 saturated carbocycles. The number of rotatable bonds is 6. The van der Waals surface area contributed by atoms with Crippen molar-refractivity contribution in [1.29, 1.82) is 0 Å². The lowest BCUT2D eigenvalue weighted by atomic mass is 10.0. The summed E-state index contributed by atoms with van der Waals surface area (Å²) in [6.45, 7) is 1.77. The minimum absolute atomic E-state index is 0. The highest BCUT2D eigenvalue weighted by atomic mass is 35.5. The molecular weight excluding hydrogens is 350 g/mol. The van der Waals surface area contributed by atoms with Crippen molar-refractivity contribution in [1.82, 2.24) is 10.6 Å². The molecule has 2 aromatic rings. The highest BCUT2D eigenvalue weighted by molar-refractivity contribution is 5.90. The highest BCUT2D eigenvalue weighted by Crippen LogP contribution is 2.30. The number of methoxy groups -OCH3 is 1. The maximum atomic E-state index is 12.1. The van der Waals surface area contributed by atoms with Gasteiger partial charge in [0.1, 0.15) is 5.75 Å². The Kier molecular flexibility index (Phi) is 7.75. The first kappa shape index (κ1) is 20.1. The second-order valence-electron chi connectivity index (χ2n) is 6.24. The van der Waals surface area contributed by atoms with Crippen LogP contribution in [0, 0.1) is 0 Å². The van der Waals surface area contributed by atoms with Crippen LogP contribution >= 0.6 is 12.4 Å². The van der Waals surface area contributed by atoms with Crippen LogP contribution in [-0.4, -0.2) is 32.3 Å². The molecule has 1 fully saturated rings. The Balaban J connectivity index is 0.00000243. The summed E-state index contributed by atoms with van der Waals surface area (Å²) in [5, 5.41) is 9.26. The summed E-state index contributed by atoms with van der Waals surface area (Å²) in [6, 6.07) is 16.0. The zero-order valence-corrected chi connectivity index (χ0v) is 15.8. The van der Waals surface area contributed by atoms with Crippen molar-refractivity contribution in [3.63, 3.8) is 0 Å². The van der Waals surface area contributed by atoms with Crippen molar-refractivity contribution >= 4 is 24.1 Å². The Labute approximate surface area is 160 Å². The zero-order valence-electron chi connectivity index (χ0n) is 15.0. The molecule has 0 radical (unpaired) electrons. The van der Waals surface area contributed by atoms with E-state index >= 15 is 0 Å². The van der Waals surface area contributed by atoms with E-state index in [1.807, 2.05) is 48.5 Å². The molecule has 5 nitrogen and oxygen atoms in total. The summed E-state index contributed by atoms with van der Waals surface area (Å²) in [7, 11) is 1.66. The lowest BCUT2D eigenvalue weighted by molar-refractivity contribution is 0.251. The average Bonchev–Trinajstić information content (AvgIpc) is 3.15. The molecule has 0 bridgehead atoms. The number of hydrogen-bond donors (Lipinski definition) is 3. The second kappa shape index (κ2) is 10.0. The van der Waals surface area contributed by atoms with Crippen LogP contribution in [0.1, 0.15) is 19.3 Å². The number of urea groups is 1. The summed E-state index contributed by atoms with van der Waals surface area (Å²) in [6.07, 6.45) is 3.39.